The van der Waals surface area contributed by atoms with Gasteiger partial charge in [-0.15, -0.1) is 5.10 Å². The Balaban J connectivity index is 1.54. The second-order valence-electron chi connectivity index (χ2n) is 6.75. The van der Waals surface area contributed by atoms with Gasteiger partial charge in [0.2, 0.25) is 0 Å². The molecule has 1 amide bonds. The monoisotopic (exact) mass is 343 g/mol. The lowest BCUT2D eigenvalue weighted by atomic mass is 9.95. The van der Waals surface area contributed by atoms with Crippen molar-refractivity contribution in [3.05, 3.63) is 35.7 Å². The number of carbonyl (C=O) groups excluding carboxylic acids is 1. The fraction of sp³-hybridized carbons (Fsp3) is 0.556. The molecular formula is C18H25N5O2. The molecule has 3 rings (SSSR count). The van der Waals surface area contributed by atoms with E-state index in [1.165, 1.54) is 19.3 Å². The summed E-state index contributed by atoms with van der Waals surface area (Å²) in [5, 5.41) is 14.7. The number of benzene rings is 1. The highest BCUT2D eigenvalue weighted by atomic mass is 16.5. The van der Waals surface area contributed by atoms with E-state index < -0.39 is 0 Å². The number of ether oxygens (including phenoxy) is 1. The molecule has 1 N–H and O–H groups in total. The zero-order chi connectivity index (χ0) is 17.6. The molecule has 0 radical (unpaired) electrons. The van der Waals surface area contributed by atoms with Gasteiger partial charge < -0.3 is 10.1 Å². The summed E-state index contributed by atoms with van der Waals surface area (Å²) >= 11 is 0. The summed E-state index contributed by atoms with van der Waals surface area (Å²) in [5.74, 6) is 1.35. The molecule has 0 saturated heterocycles. The molecular weight excluding hydrogens is 318 g/mol. The van der Waals surface area contributed by atoms with Crippen LogP contribution in [0.1, 0.15) is 68.2 Å². The largest absolute Gasteiger partial charge is 0.486 e. The van der Waals surface area contributed by atoms with Gasteiger partial charge in [-0.1, -0.05) is 19.3 Å². The van der Waals surface area contributed by atoms with Gasteiger partial charge in [0.25, 0.3) is 5.91 Å². The van der Waals surface area contributed by atoms with Crippen LogP contribution in [0.5, 0.6) is 5.75 Å². The second-order valence-corrected chi connectivity index (χ2v) is 6.75. The van der Waals surface area contributed by atoms with Gasteiger partial charge in [-0.2, -0.15) is 0 Å². The molecule has 2 aromatic rings. The minimum absolute atomic E-state index is 0.0119. The molecule has 25 heavy (non-hydrogen) atoms. The van der Waals surface area contributed by atoms with Crippen LogP contribution in [0, 0.1) is 0 Å². The van der Waals surface area contributed by atoms with Gasteiger partial charge in [0.05, 0.1) is 6.04 Å². The first-order valence-electron chi connectivity index (χ1n) is 8.94. The van der Waals surface area contributed by atoms with Crippen molar-refractivity contribution in [2.45, 2.75) is 64.6 Å². The smallest absolute Gasteiger partial charge is 0.251 e. The Hall–Kier alpha value is -2.44. The van der Waals surface area contributed by atoms with Gasteiger partial charge in [-0.05, 0) is 61.4 Å². The van der Waals surface area contributed by atoms with E-state index in [-0.39, 0.29) is 11.9 Å². The number of tetrazole rings is 1. The predicted molar refractivity (Wildman–Crippen MR) is 93.3 cm³/mol. The van der Waals surface area contributed by atoms with E-state index in [4.69, 9.17) is 4.74 Å². The Morgan fingerprint density at radius 1 is 1.24 bits per heavy atom. The summed E-state index contributed by atoms with van der Waals surface area (Å²) in [6.45, 7) is 4.32. The number of hydrogen-bond acceptors (Lipinski definition) is 5. The molecule has 1 aromatic carbocycles. The van der Waals surface area contributed by atoms with Crippen LogP contribution in [0.2, 0.25) is 0 Å². The van der Waals surface area contributed by atoms with Gasteiger partial charge in [-0.3, -0.25) is 4.79 Å². The van der Waals surface area contributed by atoms with Crippen LogP contribution in [0.25, 0.3) is 0 Å². The number of hydrogen-bond donors (Lipinski definition) is 1. The van der Waals surface area contributed by atoms with Crippen LogP contribution >= 0.6 is 0 Å². The molecule has 1 saturated carbocycles. The van der Waals surface area contributed by atoms with E-state index >= 15 is 0 Å². The number of nitrogens with one attached hydrogen (secondary N) is 1. The van der Waals surface area contributed by atoms with Crippen LogP contribution in [0.4, 0.5) is 0 Å². The summed E-state index contributed by atoms with van der Waals surface area (Å²) in [6, 6.07) is 7.68. The standard InChI is InChI=1S/C18H25N5O2/c1-13(2)23-17(20-21-22-23)12-25-16-10-8-14(9-11-16)18(24)19-15-6-4-3-5-7-15/h8-11,13,15H,3-7,12H2,1-2H3,(H,19,24). The topological polar surface area (TPSA) is 81.9 Å². The van der Waals surface area contributed by atoms with Gasteiger partial charge in [0.15, 0.2) is 5.82 Å². The molecule has 1 aliphatic rings. The predicted octanol–water partition coefficient (Wildman–Crippen LogP) is 2.90. The Kier molecular flexibility index (Phi) is 5.63. The maximum absolute atomic E-state index is 12.3. The summed E-state index contributed by atoms with van der Waals surface area (Å²) in [6.07, 6.45) is 5.84. The molecule has 0 atom stereocenters. The van der Waals surface area contributed by atoms with Crippen LogP contribution in [-0.4, -0.2) is 32.2 Å². The van der Waals surface area contributed by atoms with E-state index in [9.17, 15) is 4.79 Å². The van der Waals surface area contributed by atoms with Gasteiger partial charge in [0.1, 0.15) is 12.4 Å². The molecule has 134 valence electrons. The molecule has 1 fully saturated rings. The fourth-order valence-electron chi connectivity index (χ4n) is 3.07. The first-order valence-corrected chi connectivity index (χ1v) is 8.94. The first-order chi connectivity index (χ1) is 12.1. The number of amides is 1. The Labute approximate surface area is 147 Å². The van der Waals surface area contributed by atoms with E-state index in [1.807, 2.05) is 13.8 Å². The molecule has 1 heterocycles. The SMILES string of the molecule is CC(C)n1nnnc1COc1ccc(C(=O)NC2CCCCC2)cc1. The number of rotatable bonds is 6. The summed E-state index contributed by atoms with van der Waals surface area (Å²) in [5.41, 5.74) is 0.657. The molecule has 0 bridgehead atoms. The zero-order valence-corrected chi connectivity index (χ0v) is 14.8. The molecule has 0 unspecified atom stereocenters. The maximum Gasteiger partial charge on any atom is 0.251 e. The molecule has 1 aromatic heterocycles. The second kappa shape index (κ2) is 8.09. The van der Waals surface area contributed by atoms with Crippen molar-refractivity contribution in [2.24, 2.45) is 0 Å². The highest BCUT2D eigenvalue weighted by Gasteiger charge is 2.16. The summed E-state index contributed by atoms with van der Waals surface area (Å²) in [4.78, 5) is 12.3. The minimum Gasteiger partial charge on any atom is -0.486 e. The van der Waals surface area contributed by atoms with E-state index in [0.717, 1.165) is 12.8 Å². The molecule has 0 aliphatic heterocycles. The fourth-order valence-corrected chi connectivity index (χ4v) is 3.07. The molecule has 1 aliphatic carbocycles. The summed E-state index contributed by atoms with van der Waals surface area (Å²) in [7, 11) is 0. The lowest BCUT2D eigenvalue weighted by molar-refractivity contribution is 0.0927. The highest BCUT2D eigenvalue weighted by molar-refractivity contribution is 5.94. The van der Waals surface area contributed by atoms with Gasteiger partial charge in [0, 0.05) is 11.6 Å². The quantitative estimate of drug-likeness (QED) is 0.872. The highest BCUT2D eigenvalue weighted by Crippen LogP contribution is 2.19. The van der Waals surface area contributed by atoms with E-state index in [0.29, 0.717) is 29.8 Å². The lowest BCUT2D eigenvalue weighted by Crippen LogP contribution is -2.36. The third-order valence-corrected chi connectivity index (χ3v) is 4.47. The van der Waals surface area contributed by atoms with Crippen molar-refractivity contribution in [3.8, 4) is 5.75 Å². The maximum atomic E-state index is 12.3. The number of carbonyl (C=O) groups is 1. The number of nitrogens with zero attached hydrogens (tertiary/aromatic N) is 4. The van der Waals surface area contributed by atoms with Crippen molar-refractivity contribution in [1.82, 2.24) is 25.5 Å². The van der Waals surface area contributed by atoms with Crippen molar-refractivity contribution in [1.29, 1.82) is 0 Å². The average molecular weight is 343 g/mol. The van der Waals surface area contributed by atoms with Crippen molar-refractivity contribution in [2.75, 3.05) is 0 Å². The molecule has 0 spiro atoms. The molecule has 7 heteroatoms. The zero-order valence-electron chi connectivity index (χ0n) is 14.8. The Morgan fingerprint density at radius 3 is 2.64 bits per heavy atom. The van der Waals surface area contributed by atoms with Gasteiger partial charge >= 0.3 is 0 Å². The van der Waals surface area contributed by atoms with Crippen LogP contribution in [0.15, 0.2) is 24.3 Å². The third kappa shape index (κ3) is 4.55. The lowest BCUT2D eigenvalue weighted by Gasteiger charge is -2.22. The first kappa shape index (κ1) is 17.4. The normalized spacial score (nSPS) is 15.3. The van der Waals surface area contributed by atoms with Crippen molar-refractivity contribution in [3.63, 3.8) is 0 Å². The van der Waals surface area contributed by atoms with Gasteiger partial charge in [-0.25, -0.2) is 4.68 Å². The Morgan fingerprint density at radius 2 is 1.96 bits per heavy atom. The average Bonchev–Trinajstić information content (AvgIpc) is 3.10. The number of aromatic nitrogens is 4. The van der Waals surface area contributed by atoms with Crippen molar-refractivity contribution < 1.29 is 9.53 Å². The van der Waals surface area contributed by atoms with Crippen LogP contribution < -0.4 is 10.1 Å². The van der Waals surface area contributed by atoms with E-state index in [2.05, 4.69) is 20.8 Å². The Bertz CT molecular complexity index is 690. The minimum atomic E-state index is -0.0119. The van der Waals surface area contributed by atoms with E-state index in [1.54, 1.807) is 28.9 Å². The summed E-state index contributed by atoms with van der Waals surface area (Å²) < 4.78 is 7.46. The molecule has 7 nitrogen and oxygen atoms in total. The van der Waals surface area contributed by atoms with Crippen LogP contribution in [0.3, 0.4) is 0 Å². The third-order valence-electron chi connectivity index (χ3n) is 4.47. The van der Waals surface area contributed by atoms with Crippen LogP contribution in [-0.2, 0) is 6.61 Å². The van der Waals surface area contributed by atoms with Crippen molar-refractivity contribution >= 4 is 5.91 Å².